The van der Waals surface area contributed by atoms with Crippen molar-refractivity contribution in [3.8, 4) is 0 Å². The summed E-state index contributed by atoms with van der Waals surface area (Å²) >= 11 is 0. The quantitative estimate of drug-likeness (QED) is 0.671. The van der Waals surface area contributed by atoms with Gasteiger partial charge in [-0.1, -0.05) is 19.3 Å². The Labute approximate surface area is 128 Å². The molecule has 0 aromatic carbocycles. The maximum absolute atomic E-state index is 12.9. The highest BCUT2D eigenvalue weighted by atomic mass is 32.3. The second-order valence-corrected chi connectivity index (χ2v) is 7.94. The predicted octanol–water partition coefficient (Wildman–Crippen LogP) is 2.98. The van der Waals surface area contributed by atoms with Gasteiger partial charge in [-0.3, -0.25) is 4.18 Å². The van der Waals surface area contributed by atoms with Gasteiger partial charge in [0, 0.05) is 0 Å². The predicted molar refractivity (Wildman–Crippen MR) is 64.8 cm³/mol. The maximum atomic E-state index is 12.9. The van der Waals surface area contributed by atoms with E-state index in [-0.39, 0.29) is 12.8 Å². The molecule has 1 atom stereocenters. The molecule has 1 aliphatic carbocycles. The van der Waals surface area contributed by atoms with Crippen LogP contribution in [0.5, 0.6) is 0 Å². The Bertz CT molecular complexity index is 605. The summed E-state index contributed by atoms with van der Waals surface area (Å²) in [5.74, 6) is -1.30. The molecule has 6 nitrogen and oxygen atoms in total. The van der Waals surface area contributed by atoms with Crippen LogP contribution in [0.25, 0.3) is 4.13 Å². The van der Waals surface area contributed by atoms with Gasteiger partial charge in [-0.05, 0) is 18.8 Å². The minimum Gasteiger partial charge on any atom is -0.404 e. The fourth-order valence-corrected chi connectivity index (χ4v) is 4.12. The van der Waals surface area contributed by atoms with Crippen molar-refractivity contribution < 1.29 is 47.4 Å². The van der Waals surface area contributed by atoms with Crippen molar-refractivity contribution in [2.24, 2.45) is 5.92 Å². The molecule has 0 amide bonds. The summed E-state index contributed by atoms with van der Waals surface area (Å²) in [5, 5.41) is 0. The first-order valence-electron chi connectivity index (χ1n) is 6.21. The monoisotopic (exact) mass is 392 g/mol. The Morgan fingerprint density at radius 2 is 1.39 bits per heavy atom. The smallest absolute Gasteiger partial charge is 0.404 e. The molecule has 0 N–H and O–H groups in total. The molecule has 0 aromatic heterocycles. The lowest BCUT2D eigenvalue weighted by molar-refractivity contribution is -0.211. The topological polar surface area (TPSA) is 91.6 Å². The Hall–Kier alpha value is -0.600. The lowest BCUT2D eigenvalue weighted by atomic mass is 9.85. The molecule has 0 radical (unpaired) electrons. The summed E-state index contributed by atoms with van der Waals surface area (Å²) in [4.78, 5) is 0. The number of hydrogen-bond acceptors (Lipinski definition) is 5. The van der Waals surface area contributed by atoms with Crippen LogP contribution in [-0.2, 0) is 24.5 Å². The van der Waals surface area contributed by atoms with E-state index in [1.807, 2.05) is 0 Å². The molecule has 138 valence electrons. The van der Waals surface area contributed by atoms with E-state index >= 15 is 0 Å². The van der Waals surface area contributed by atoms with Crippen LogP contribution in [0.4, 0.5) is 26.3 Å². The molecule has 1 aliphatic rings. The minimum absolute atomic E-state index is 0.0499. The van der Waals surface area contributed by atoms with Crippen molar-refractivity contribution in [1.82, 2.24) is 0 Å². The Kier molecular flexibility index (Phi) is 5.97. The highest BCUT2D eigenvalue weighted by Crippen LogP contribution is 2.39. The van der Waals surface area contributed by atoms with E-state index in [9.17, 15) is 43.2 Å². The molecule has 1 rings (SSSR count). The van der Waals surface area contributed by atoms with Crippen molar-refractivity contribution in [3.63, 3.8) is 0 Å². The van der Waals surface area contributed by atoms with Crippen molar-refractivity contribution in [3.05, 3.63) is 4.13 Å². The normalized spacial score (nSPS) is 20.4. The van der Waals surface area contributed by atoms with E-state index in [4.69, 9.17) is 0 Å². The fourth-order valence-electron chi connectivity index (χ4n) is 2.15. The fraction of sp³-hybridized carbons (Fsp3) is 1.00. The molecule has 0 heterocycles. The largest absolute Gasteiger partial charge is 0.480 e. The third-order valence-corrected chi connectivity index (χ3v) is 5.66. The second-order valence-electron chi connectivity index (χ2n) is 4.88. The molecule has 0 saturated heterocycles. The lowest BCUT2D eigenvalue weighted by Gasteiger charge is -2.33. The van der Waals surface area contributed by atoms with Crippen molar-refractivity contribution in [1.29, 1.82) is 0 Å². The zero-order chi connectivity index (χ0) is 18.1. The zero-order valence-electron chi connectivity index (χ0n) is 11.3. The molecule has 0 bridgehead atoms. The Morgan fingerprint density at radius 3 is 1.78 bits per heavy atom. The zero-order valence-corrected chi connectivity index (χ0v) is 12.9. The van der Waals surface area contributed by atoms with Crippen LogP contribution in [0.1, 0.15) is 32.1 Å². The first-order chi connectivity index (χ1) is 10.2. The van der Waals surface area contributed by atoms with E-state index in [2.05, 4.69) is 4.18 Å². The molecule has 23 heavy (non-hydrogen) atoms. The van der Waals surface area contributed by atoms with Crippen molar-refractivity contribution in [2.45, 2.75) is 49.9 Å². The molecule has 14 heteroatoms. The molecule has 0 aliphatic heterocycles. The van der Waals surface area contributed by atoms with Gasteiger partial charge in [-0.25, -0.2) is 16.8 Å². The number of alkyl halides is 6. The Balaban J connectivity index is 2.98. The highest BCUT2D eigenvalue weighted by molar-refractivity contribution is 8.10. The molecule has 0 unspecified atom stereocenters. The minimum atomic E-state index is -6.53. The van der Waals surface area contributed by atoms with E-state index in [0.717, 1.165) is 0 Å². The van der Waals surface area contributed by atoms with Crippen molar-refractivity contribution in [2.75, 3.05) is 0 Å². The van der Waals surface area contributed by atoms with Gasteiger partial charge in [-0.15, -0.1) is 0 Å². The van der Waals surface area contributed by atoms with Crippen LogP contribution in [0, 0.1) is 5.92 Å². The van der Waals surface area contributed by atoms with Crippen LogP contribution in [0.15, 0.2) is 0 Å². The molecule has 1 saturated carbocycles. The SMILES string of the molecule is O=S(=O)([N-]S(=O)(=O)C(F)(F)F)O[C@H](C1CCCCC1)C(F)(F)F. The number of nitrogens with zero attached hydrogens (tertiary/aromatic N) is 1. The van der Waals surface area contributed by atoms with Crippen molar-refractivity contribution >= 4 is 20.3 Å². The summed E-state index contributed by atoms with van der Waals surface area (Å²) in [6.07, 6.45) is -6.90. The molecular weight excluding hydrogens is 380 g/mol. The summed E-state index contributed by atoms with van der Waals surface area (Å²) in [6.45, 7) is 0. The third kappa shape index (κ3) is 5.76. The highest BCUT2D eigenvalue weighted by Gasteiger charge is 2.48. The van der Waals surface area contributed by atoms with Crippen LogP contribution < -0.4 is 0 Å². The number of sulfonamides is 1. The van der Waals surface area contributed by atoms with Gasteiger partial charge in [0.1, 0.15) is 0 Å². The van der Waals surface area contributed by atoms with Crippen LogP contribution in [0.3, 0.4) is 0 Å². The van der Waals surface area contributed by atoms with Gasteiger partial charge in [0.2, 0.25) is 10.3 Å². The van der Waals surface area contributed by atoms with Gasteiger partial charge in [0.15, 0.2) is 16.1 Å². The summed E-state index contributed by atoms with van der Waals surface area (Å²) in [6, 6.07) is 0. The van der Waals surface area contributed by atoms with E-state index in [1.165, 1.54) is 4.13 Å². The third-order valence-electron chi connectivity index (χ3n) is 3.11. The van der Waals surface area contributed by atoms with Crippen LogP contribution >= 0.6 is 0 Å². The molecule has 0 aromatic rings. The van der Waals surface area contributed by atoms with Crippen LogP contribution in [-0.4, -0.2) is 34.6 Å². The van der Waals surface area contributed by atoms with Gasteiger partial charge in [-0.2, -0.15) is 26.3 Å². The van der Waals surface area contributed by atoms with Gasteiger partial charge in [0.05, 0.1) is 0 Å². The van der Waals surface area contributed by atoms with Crippen LogP contribution in [0.2, 0.25) is 0 Å². The molecular formula is C9H12F6NO5S2-. The molecule has 1 fully saturated rings. The van der Waals surface area contributed by atoms with Gasteiger partial charge < -0.3 is 4.13 Å². The average Bonchev–Trinajstić information content (AvgIpc) is 2.33. The summed E-state index contributed by atoms with van der Waals surface area (Å²) in [5.41, 5.74) is -6.07. The van der Waals surface area contributed by atoms with E-state index < -0.39 is 44.0 Å². The first-order valence-corrected chi connectivity index (χ1v) is 9.02. The van der Waals surface area contributed by atoms with E-state index in [0.29, 0.717) is 19.3 Å². The Morgan fingerprint density at radius 1 is 0.913 bits per heavy atom. The maximum Gasteiger partial charge on any atom is 0.480 e. The molecule has 0 spiro atoms. The van der Waals surface area contributed by atoms with Gasteiger partial charge in [0.25, 0.3) is 0 Å². The average molecular weight is 392 g/mol. The number of rotatable bonds is 5. The standard InChI is InChI=1S/C9H12F6NO5S2/c10-8(11,12)7(6-4-2-1-3-5-6)21-23(19,20)16-22(17,18)9(13,14)15/h6-7H,1-5H2/q-1/t7-/m1/s1. The first kappa shape index (κ1) is 20.4. The lowest BCUT2D eigenvalue weighted by Crippen LogP contribution is -2.41. The summed E-state index contributed by atoms with van der Waals surface area (Å²) in [7, 11) is -12.5. The van der Waals surface area contributed by atoms with E-state index in [1.54, 1.807) is 0 Å². The number of hydrogen-bond donors (Lipinski definition) is 0. The number of halogens is 6. The summed E-state index contributed by atoms with van der Waals surface area (Å²) < 4.78 is 124. The van der Waals surface area contributed by atoms with Gasteiger partial charge >= 0.3 is 11.7 Å². The second kappa shape index (κ2) is 6.72.